The number of hydrogen-bond acceptors (Lipinski definition) is 7. The third-order valence-electron chi connectivity index (χ3n) is 7.67. The molecule has 9 nitrogen and oxygen atoms in total. The molecule has 5 atom stereocenters. The molecule has 0 aliphatic carbocycles. The summed E-state index contributed by atoms with van der Waals surface area (Å²) in [6.45, 7) is 0.788. The molecule has 0 aromatic heterocycles. The SMILES string of the molecule is O=C1[C@@H]2[C@H](Cc3ccc(O)c(O)c3)N[C@]3(C(=O)Nc4ccc(Br)cc43)[C@@H]2C(=O)N1C[C@H]1CCCO1. The van der Waals surface area contributed by atoms with Crippen molar-refractivity contribution in [2.24, 2.45) is 11.8 Å². The van der Waals surface area contributed by atoms with Gasteiger partial charge in [0.2, 0.25) is 17.7 Å². The highest BCUT2D eigenvalue weighted by Crippen LogP contribution is 2.54. The Morgan fingerprint density at radius 1 is 1.09 bits per heavy atom. The summed E-state index contributed by atoms with van der Waals surface area (Å²) in [7, 11) is 0. The van der Waals surface area contributed by atoms with Gasteiger partial charge in [0.25, 0.3) is 0 Å². The van der Waals surface area contributed by atoms with Gasteiger partial charge in [-0.1, -0.05) is 22.0 Å². The van der Waals surface area contributed by atoms with E-state index in [-0.39, 0.29) is 48.3 Å². The normalized spacial score (nSPS) is 31.3. The van der Waals surface area contributed by atoms with Gasteiger partial charge in [0, 0.05) is 28.4 Å². The van der Waals surface area contributed by atoms with Gasteiger partial charge < -0.3 is 20.3 Å². The number of phenols is 2. The Kier molecular flexibility index (Phi) is 5.17. The number of hydrogen-bond donors (Lipinski definition) is 4. The molecule has 0 radical (unpaired) electrons. The largest absolute Gasteiger partial charge is 0.504 e. The van der Waals surface area contributed by atoms with E-state index in [1.54, 1.807) is 12.1 Å². The van der Waals surface area contributed by atoms with Gasteiger partial charge in [-0.2, -0.15) is 0 Å². The van der Waals surface area contributed by atoms with E-state index < -0.39 is 23.4 Å². The number of phenolic OH excluding ortho intramolecular Hbond substituents is 2. The molecule has 10 heteroatoms. The van der Waals surface area contributed by atoms with Crippen LogP contribution in [-0.4, -0.2) is 58.1 Å². The van der Waals surface area contributed by atoms with Gasteiger partial charge in [-0.15, -0.1) is 0 Å². The number of amides is 3. The fourth-order valence-electron chi connectivity index (χ4n) is 6.13. The van der Waals surface area contributed by atoms with Gasteiger partial charge in [-0.05, 0) is 55.2 Å². The van der Waals surface area contributed by atoms with Crippen LogP contribution < -0.4 is 10.6 Å². The molecule has 4 heterocycles. The van der Waals surface area contributed by atoms with Crippen LogP contribution in [0.5, 0.6) is 11.5 Å². The lowest BCUT2D eigenvalue weighted by Gasteiger charge is -2.30. The minimum Gasteiger partial charge on any atom is -0.504 e. The van der Waals surface area contributed by atoms with Crippen molar-refractivity contribution < 1.29 is 29.3 Å². The molecule has 182 valence electrons. The summed E-state index contributed by atoms with van der Waals surface area (Å²) in [6.07, 6.45) is 1.75. The number of likely N-dealkylation sites (tertiary alicyclic amines) is 1. The van der Waals surface area contributed by atoms with Gasteiger partial charge in [0.05, 0.1) is 24.5 Å². The molecule has 1 spiro atoms. The van der Waals surface area contributed by atoms with Crippen molar-refractivity contribution in [3.63, 3.8) is 0 Å². The second-order valence-corrected chi connectivity index (χ2v) is 10.6. The number of ether oxygens (including phenoxy) is 1. The third kappa shape index (κ3) is 3.30. The Bertz CT molecular complexity index is 1260. The summed E-state index contributed by atoms with van der Waals surface area (Å²) >= 11 is 3.47. The second kappa shape index (κ2) is 8.04. The van der Waals surface area contributed by atoms with E-state index in [9.17, 15) is 24.6 Å². The zero-order valence-electron chi connectivity index (χ0n) is 18.7. The van der Waals surface area contributed by atoms with Crippen LogP contribution in [0.25, 0.3) is 0 Å². The first-order valence-corrected chi connectivity index (χ1v) is 12.5. The summed E-state index contributed by atoms with van der Waals surface area (Å²) in [5, 5.41) is 26.0. The van der Waals surface area contributed by atoms with Crippen LogP contribution in [0.3, 0.4) is 0 Å². The van der Waals surface area contributed by atoms with E-state index in [1.165, 1.54) is 17.0 Å². The third-order valence-corrected chi connectivity index (χ3v) is 8.17. The van der Waals surface area contributed by atoms with Crippen molar-refractivity contribution in [3.05, 3.63) is 52.0 Å². The Morgan fingerprint density at radius 3 is 2.66 bits per heavy atom. The van der Waals surface area contributed by atoms with Crippen molar-refractivity contribution >= 4 is 39.3 Å². The Hall–Kier alpha value is -2.95. The molecule has 0 saturated carbocycles. The number of carbonyl (C=O) groups is 3. The molecule has 0 bridgehead atoms. The highest BCUT2D eigenvalue weighted by molar-refractivity contribution is 9.10. The fourth-order valence-corrected chi connectivity index (χ4v) is 6.49. The highest BCUT2D eigenvalue weighted by atomic mass is 79.9. The molecule has 4 aliphatic rings. The lowest BCUT2D eigenvalue weighted by atomic mass is 9.76. The maximum atomic E-state index is 13.8. The topological polar surface area (TPSA) is 128 Å². The number of rotatable bonds is 4. The first-order valence-electron chi connectivity index (χ1n) is 11.7. The molecule has 3 amide bonds. The Balaban J connectivity index is 1.43. The molecule has 0 unspecified atom stereocenters. The molecule has 4 N–H and O–H groups in total. The minimum atomic E-state index is -1.40. The van der Waals surface area contributed by atoms with Crippen molar-refractivity contribution in [1.82, 2.24) is 10.2 Å². The monoisotopic (exact) mass is 541 g/mol. The van der Waals surface area contributed by atoms with E-state index in [0.29, 0.717) is 23.4 Å². The van der Waals surface area contributed by atoms with Gasteiger partial charge in [0.1, 0.15) is 5.54 Å². The molecule has 3 saturated heterocycles. The van der Waals surface area contributed by atoms with Crippen LogP contribution in [0.2, 0.25) is 0 Å². The molecular weight excluding hydrogens is 518 g/mol. The Morgan fingerprint density at radius 2 is 1.91 bits per heavy atom. The zero-order chi connectivity index (χ0) is 24.5. The maximum absolute atomic E-state index is 13.8. The summed E-state index contributed by atoms with van der Waals surface area (Å²) < 4.78 is 6.45. The number of halogens is 1. The standard InChI is InChI=1S/C25H24BrN3O6/c26-13-4-5-16-15(10-13)25(24(34)27-16)21-20(17(28-25)8-12-3-6-18(30)19(31)9-12)22(32)29(23(21)33)11-14-2-1-7-35-14/h3-6,9-10,14,17,20-21,28,30-31H,1-2,7-8,11H2,(H,27,34)/t14-,17+,20-,21+,25+/m1/s1. The molecule has 4 aliphatic heterocycles. The Labute approximate surface area is 209 Å². The van der Waals surface area contributed by atoms with E-state index in [2.05, 4.69) is 26.6 Å². The molecule has 6 rings (SSSR count). The van der Waals surface area contributed by atoms with Crippen LogP contribution in [0.1, 0.15) is 24.0 Å². The summed E-state index contributed by atoms with van der Waals surface area (Å²) in [5.74, 6) is -3.25. The average molecular weight is 542 g/mol. The molecular formula is C25H24BrN3O6. The number of nitrogens with zero attached hydrogens (tertiary/aromatic N) is 1. The van der Waals surface area contributed by atoms with Gasteiger partial charge in [0.15, 0.2) is 11.5 Å². The minimum absolute atomic E-state index is 0.181. The molecule has 2 aromatic rings. The molecule has 2 aromatic carbocycles. The zero-order valence-corrected chi connectivity index (χ0v) is 20.2. The first-order chi connectivity index (χ1) is 16.8. The van der Waals surface area contributed by atoms with Crippen LogP contribution >= 0.6 is 15.9 Å². The lowest BCUT2D eigenvalue weighted by Crippen LogP contribution is -2.54. The van der Waals surface area contributed by atoms with Crippen molar-refractivity contribution in [1.29, 1.82) is 0 Å². The quantitative estimate of drug-likeness (QED) is 0.344. The average Bonchev–Trinajstić information content (AvgIpc) is 3.56. The summed E-state index contributed by atoms with van der Waals surface area (Å²) in [4.78, 5) is 42.4. The number of anilines is 1. The summed E-state index contributed by atoms with van der Waals surface area (Å²) in [5.41, 5.74) is 0.498. The first kappa shape index (κ1) is 22.5. The molecule has 35 heavy (non-hydrogen) atoms. The predicted octanol–water partition coefficient (Wildman–Crippen LogP) is 2.00. The van der Waals surface area contributed by atoms with Crippen molar-refractivity contribution in [2.45, 2.75) is 36.9 Å². The van der Waals surface area contributed by atoms with Crippen molar-refractivity contribution in [2.75, 3.05) is 18.5 Å². The van der Waals surface area contributed by atoms with Gasteiger partial charge in [-0.3, -0.25) is 24.6 Å². The lowest BCUT2D eigenvalue weighted by molar-refractivity contribution is -0.144. The summed E-state index contributed by atoms with van der Waals surface area (Å²) in [6, 6.07) is 9.32. The number of fused-ring (bicyclic) bond motifs is 4. The van der Waals surface area contributed by atoms with E-state index in [0.717, 1.165) is 17.3 Å². The second-order valence-electron chi connectivity index (χ2n) is 9.66. The van der Waals surface area contributed by atoms with Crippen LogP contribution in [-0.2, 0) is 31.1 Å². The maximum Gasteiger partial charge on any atom is 0.250 e. The van der Waals surface area contributed by atoms with Crippen molar-refractivity contribution in [3.8, 4) is 11.5 Å². The number of carbonyl (C=O) groups excluding carboxylic acids is 3. The molecule has 3 fully saturated rings. The van der Waals surface area contributed by atoms with Crippen LogP contribution in [0.4, 0.5) is 5.69 Å². The van der Waals surface area contributed by atoms with E-state index in [4.69, 9.17) is 4.74 Å². The number of benzene rings is 2. The van der Waals surface area contributed by atoms with Gasteiger partial charge >= 0.3 is 0 Å². The van der Waals surface area contributed by atoms with Gasteiger partial charge in [-0.25, -0.2) is 0 Å². The van der Waals surface area contributed by atoms with Crippen LogP contribution in [0.15, 0.2) is 40.9 Å². The smallest absolute Gasteiger partial charge is 0.250 e. The number of nitrogens with one attached hydrogen (secondary N) is 2. The highest BCUT2D eigenvalue weighted by Gasteiger charge is 2.70. The van der Waals surface area contributed by atoms with E-state index in [1.807, 2.05) is 12.1 Å². The van der Waals surface area contributed by atoms with E-state index >= 15 is 0 Å². The number of imide groups is 1. The predicted molar refractivity (Wildman–Crippen MR) is 128 cm³/mol. The van der Waals surface area contributed by atoms with Crippen LogP contribution in [0, 0.1) is 11.8 Å². The fraction of sp³-hybridized carbons (Fsp3) is 0.400. The number of aromatic hydroxyl groups is 2.